The van der Waals surface area contributed by atoms with Gasteiger partial charge in [-0.05, 0) is 48.5 Å². The first-order chi connectivity index (χ1) is 13.1. The summed E-state index contributed by atoms with van der Waals surface area (Å²) >= 11 is 0. The molecule has 0 fully saturated rings. The third-order valence-electron chi connectivity index (χ3n) is 2.81. The number of halogens is 2. The molecule has 0 radical (unpaired) electrons. The molecule has 2 rings (SSSR count). The van der Waals surface area contributed by atoms with Gasteiger partial charge >= 0.3 is 5.97 Å². The van der Waals surface area contributed by atoms with E-state index in [-0.39, 0.29) is 18.8 Å². The van der Waals surface area contributed by atoms with Gasteiger partial charge in [-0.3, -0.25) is 15.3 Å². The number of hydrogen-bond acceptors (Lipinski definition) is 6. The van der Waals surface area contributed by atoms with Crippen LogP contribution in [0.25, 0.3) is 0 Å². The minimum atomic E-state index is -0.989. The molecule has 0 aromatic heterocycles. The van der Waals surface area contributed by atoms with Gasteiger partial charge < -0.3 is 14.6 Å². The van der Waals surface area contributed by atoms with Gasteiger partial charge in [0, 0.05) is 5.56 Å². The minimum Gasteiger partial charge on any atom is -0.491 e. The number of aldehydes is 1. The van der Waals surface area contributed by atoms with Crippen LogP contribution in [0.1, 0.15) is 20.7 Å². The zero-order valence-electron chi connectivity index (χ0n) is 14.3. The molecule has 0 unspecified atom stereocenters. The van der Waals surface area contributed by atoms with E-state index >= 15 is 0 Å². The van der Waals surface area contributed by atoms with Gasteiger partial charge in [0.15, 0.2) is 0 Å². The molecule has 0 aliphatic rings. The van der Waals surface area contributed by atoms with Gasteiger partial charge in [0.1, 0.15) is 44.3 Å². The first-order valence-electron chi connectivity index (χ1n) is 7.56. The highest BCUT2D eigenvalue weighted by atomic mass is 19.1. The third-order valence-corrected chi connectivity index (χ3v) is 2.81. The van der Waals surface area contributed by atoms with Crippen LogP contribution >= 0.6 is 0 Å². The summed E-state index contributed by atoms with van der Waals surface area (Å²) in [7, 11) is 0. The topological polar surface area (TPSA) is 113 Å². The van der Waals surface area contributed by atoms with E-state index in [9.17, 15) is 18.4 Å². The lowest BCUT2D eigenvalue weighted by atomic mass is 10.2. The molecule has 9 heteroatoms. The van der Waals surface area contributed by atoms with Crippen LogP contribution in [0.15, 0.2) is 48.5 Å². The number of carboxylic acid groups (broad SMARTS) is 1. The molecule has 2 aromatic carbocycles. The fourth-order valence-electron chi connectivity index (χ4n) is 1.65. The summed E-state index contributed by atoms with van der Waals surface area (Å²) in [4.78, 5) is 20.7. The second kappa shape index (κ2) is 15.2. The molecular weight excluding hydrogens is 366 g/mol. The van der Waals surface area contributed by atoms with Crippen molar-refractivity contribution in [1.82, 2.24) is 0 Å². The first-order valence-corrected chi connectivity index (χ1v) is 7.56. The van der Waals surface area contributed by atoms with Crippen molar-refractivity contribution >= 4 is 12.3 Å². The van der Waals surface area contributed by atoms with Crippen molar-refractivity contribution < 1.29 is 43.5 Å². The summed E-state index contributed by atoms with van der Waals surface area (Å²) in [6.45, 7) is -1.01. The third kappa shape index (κ3) is 10.5. The molecule has 0 atom stereocenters. The maximum Gasteiger partial charge on any atom is 0.335 e. The molecule has 3 N–H and O–H groups in total. The summed E-state index contributed by atoms with van der Waals surface area (Å²) in [6, 6.07) is 12.4. The van der Waals surface area contributed by atoms with Crippen LogP contribution in [0.3, 0.4) is 0 Å². The van der Waals surface area contributed by atoms with E-state index in [0.717, 1.165) is 6.29 Å². The summed E-state index contributed by atoms with van der Waals surface area (Å²) in [6.07, 6.45) is 0.749. The Labute approximate surface area is 154 Å². The van der Waals surface area contributed by atoms with E-state index in [2.05, 4.69) is 0 Å². The Bertz CT molecular complexity index is 646. The quantitative estimate of drug-likeness (QED) is 0.361. The molecule has 7 nitrogen and oxygen atoms in total. The molecule has 0 spiro atoms. The summed E-state index contributed by atoms with van der Waals surface area (Å²) in [5.74, 6) is 0.0675. The van der Waals surface area contributed by atoms with Crippen molar-refractivity contribution in [3.05, 3.63) is 59.7 Å². The van der Waals surface area contributed by atoms with Crippen LogP contribution in [-0.2, 0) is 0 Å². The van der Waals surface area contributed by atoms with Gasteiger partial charge in [-0.15, -0.1) is 0 Å². The van der Waals surface area contributed by atoms with E-state index in [4.69, 9.17) is 25.1 Å². The standard InChI is InChI=1S/C9H9FO3.C9H9FO2.H2O2/c10-5-6-13-8-3-1-7(2-4-8)9(11)12;10-5-6-12-9-3-1-8(7-11)2-4-9;1-2/h1-4H,5-6H2,(H,11,12);1-4,7H,5-6H2;1-2H. The van der Waals surface area contributed by atoms with Gasteiger partial charge in [0.2, 0.25) is 0 Å². The number of ether oxygens (including phenoxy) is 2. The number of alkyl halides is 2. The molecule has 2 aromatic rings. The van der Waals surface area contributed by atoms with Crippen molar-refractivity contribution in [3.63, 3.8) is 0 Å². The molecule has 0 aliphatic heterocycles. The first kappa shape index (κ1) is 24.0. The lowest BCUT2D eigenvalue weighted by Crippen LogP contribution is -2.00. The zero-order chi connectivity index (χ0) is 20.5. The molecule has 0 saturated carbocycles. The Hall–Kier alpha value is -3.04. The fraction of sp³-hybridized carbons (Fsp3) is 0.222. The van der Waals surface area contributed by atoms with Gasteiger partial charge in [0.05, 0.1) is 5.56 Å². The average Bonchev–Trinajstić information content (AvgIpc) is 2.73. The predicted molar refractivity (Wildman–Crippen MR) is 93.4 cm³/mol. The number of carbonyl (C=O) groups is 2. The number of benzene rings is 2. The van der Waals surface area contributed by atoms with Gasteiger partial charge in [0.25, 0.3) is 0 Å². The number of carboxylic acids is 1. The fourth-order valence-corrected chi connectivity index (χ4v) is 1.65. The van der Waals surface area contributed by atoms with E-state index in [1.54, 1.807) is 24.3 Å². The molecule has 27 heavy (non-hydrogen) atoms. The Morgan fingerprint density at radius 2 is 1.26 bits per heavy atom. The second-order valence-electron chi connectivity index (χ2n) is 4.59. The summed E-state index contributed by atoms with van der Waals surface area (Å²) < 4.78 is 33.2. The van der Waals surface area contributed by atoms with Crippen molar-refractivity contribution in [2.75, 3.05) is 26.6 Å². The highest BCUT2D eigenvalue weighted by Crippen LogP contribution is 2.12. The zero-order valence-corrected chi connectivity index (χ0v) is 14.3. The highest BCUT2D eigenvalue weighted by molar-refractivity contribution is 5.87. The molecule has 0 amide bonds. The second-order valence-corrected chi connectivity index (χ2v) is 4.59. The lowest BCUT2D eigenvalue weighted by Gasteiger charge is -2.02. The Morgan fingerprint density at radius 1 is 0.852 bits per heavy atom. The van der Waals surface area contributed by atoms with Crippen molar-refractivity contribution in [1.29, 1.82) is 0 Å². The molecule has 148 valence electrons. The van der Waals surface area contributed by atoms with Crippen molar-refractivity contribution in [2.24, 2.45) is 0 Å². The summed E-state index contributed by atoms with van der Waals surface area (Å²) in [5.41, 5.74) is 0.773. The smallest absolute Gasteiger partial charge is 0.335 e. The molecular formula is C18H20F2O7. The van der Waals surface area contributed by atoms with Crippen LogP contribution in [0.4, 0.5) is 8.78 Å². The Balaban J connectivity index is 0.000000460. The number of carbonyl (C=O) groups excluding carboxylic acids is 1. The van der Waals surface area contributed by atoms with E-state index < -0.39 is 19.3 Å². The van der Waals surface area contributed by atoms with Gasteiger partial charge in [-0.25, -0.2) is 13.6 Å². The largest absolute Gasteiger partial charge is 0.491 e. The lowest BCUT2D eigenvalue weighted by molar-refractivity contribution is -0.176. The number of hydrogen-bond donors (Lipinski definition) is 3. The van der Waals surface area contributed by atoms with Crippen molar-refractivity contribution in [3.8, 4) is 11.5 Å². The van der Waals surface area contributed by atoms with Crippen molar-refractivity contribution in [2.45, 2.75) is 0 Å². The van der Waals surface area contributed by atoms with E-state index in [1.165, 1.54) is 24.3 Å². The molecule has 0 heterocycles. The maximum atomic E-state index is 11.7. The van der Waals surface area contributed by atoms with Crippen LogP contribution in [0.2, 0.25) is 0 Å². The predicted octanol–water partition coefficient (Wildman–Crippen LogP) is 3.60. The Morgan fingerprint density at radius 3 is 1.59 bits per heavy atom. The average molecular weight is 386 g/mol. The summed E-state index contributed by atoms with van der Waals surface area (Å²) in [5, 5.41) is 20.6. The van der Waals surface area contributed by atoms with Crippen LogP contribution in [0.5, 0.6) is 11.5 Å². The van der Waals surface area contributed by atoms with Crippen LogP contribution < -0.4 is 9.47 Å². The molecule has 0 bridgehead atoms. The van der Waals surface area contributed by atoms with E-state index in [0.29, 0.717) is 17.1 Å². The van der Waals surface area contributed by atoms with Crippen LogP contribution in [0, 0.1) is 0 Å². The van der Waals surface area contributed by atoms with Gasteiger partial charge in [-0.1, -0.05) is 0 Å². The molecule has 0 aliphatic carbocycles. The van der Waals surface area contributed by atoms with Gasteiger partial charge in [-0.2, -0.15) is 0 Å². The number of rotatable bonds is 8. The number of aromatic carboxylic acids is 1. The highest BCUT2D eigenvalue weighted by Gasteiger charge is 2.01. The Kier molecular flexibility index (Phi) is 13.5. The van der Waals surface area contributed by atoms with Crippen LogP contribution in [-0.4, -0.2) is 54.4 Å². The monoisotopic (exact) mass is 386 g/mol. The normalized spacial score (nSPS) is 9.04. The van der Waals surface area contributed by atoms with E-state index in [1.807, 2.05) is 0 Å². The molecule has 0 saturated heterocycles. The minimum absolute atomic E-state index is 0.00752. The maximum absolute atomic E-state index is 11.7. The SMILES string of the molecule is O=C(O)c1ccc(OCCF)cc1.O=Cc1ccc(OCCF)cc1.OO.